The van der Waals surface area contributed by atoms with Crippen molar-refractivity contribution in [3.05, 3.63) is 23.8 Å². The normalized spacial score (nSPS) is 12.2. The van der Waals surface area contributed by atoms with E-state index in [2.05, 4.69) is 38.2 Å². The third kappa shape index (κ3) is 5.41. The fraction of sp³-hybridized carbons (Fsp3) is 0.647. The highest BCUT2D eigenvalue weighted by Crippen LogP contribution is 2.28. The Kier molecular flexibility index (Phi) is 8.12. The van der Waals surface area contributed by atoms with Crippen molar-refractivity contribution in [3.63, 3.8) is 0 Å². The van der Waals surface area contributed by atoms with Gasteiger partial charge in [-0.05, 0) is 49.9 Å². The summed E-state index contributed by atoms with van der Waals surface area (Å²) in [6, 6.07) is 6.78. The molecule has 0 bridgehead atoms. The Bertz CT molecular complexity index is 379. The van der Waals surface area contributed by atoms with Gasteiger partial charge in [-0.2, -0.15) is 0 Å². The van der Waals surface area contributed by atoms with E-state index in [1.54, 1.807) is 7.11 Å². The summed E-state index contributed by atoms with van der Waals surface area (Å²) >= 11 is 0. The van der Waals surface area contributed by atoms with Gasteiger partial charge in [0, 0.05) is 6.04 Å². The van der Waals surface area contributed by atoms with Gasteiger partial charge in [-0.1, -0.05) is 26.8 Å². The zero-order chi connectivity index (χ0) is 14.8. The number of nitrogens with one attached hydrogen (secondary N) is 1. The van der Waals surface area contributed by atoms with Crippen molar-refractivity contribution in [3.8, 4) is 11.5 Å². The monoisotopic (exact) mass is 279 g/mol. The zero-order valence-electron chi connectivity index (χ0n) is 13.4. The van der Waals surface area contributed by atoms with E-state index in [0.29, 0.717) is 6.04 Å². The average Bonchev–Trinajstić information content (AvgIpc) is 2.50. The van der Waals surface area contributed by atoms with E-state index >= 15 is 0 Å². The Morgan fingerprint density at radius 3 is 2.55 bits per heavy atom. The summed E-state index contributed by atoms with van der Waals surface area (Å²) in [5.74, 6) is 1.68. The van der Waals surface area contributed by atoms with Crippen LogP contribution in [0.25, 0.3) is 0 Å². The largest absolute Gasteiger partial charge is 0.493 e. The smallest absolute Gasteiger partial charge is 0.161 e. The Morgan fingerprint density at radius 2 is 1.95 bits per heavy atom. The van der Waals surface area contributed by atoms with E-state index in [1.807, 2.05) is 6.07 Å². The first-order valence-electron chi connectivity index (χ1n) is 7.78. The third-order valence-corrected chi connectivity index (χ3v) is 3.58. The van der Waals surface area contributed by atoms with Gasteiger partial charge in [-0.25, -0.2) is 0 Å². The molecule has 0 saturated heterocycles. The van der Waals surface area contributed by atoms with Gasteiger partial charge in [0.25, 0.3) is 0 Å². The minimum Gasteiger partial charge on any atom is -0.493 e. The molecule has 3 heteroatoms. The molecular weight excluding hydrogens is 250 g/mol. The number of aryl methyl sites for hydroxylation is 1. The fourth-order valence-electron chi connectivity index (χ4n) is 2.30. The van der Waals surface area contributed by atoms with Gasteiger partial charge in [0.1, 0.15) is 0 Å². The third-order valence-electron chi connectivity index (χ3n) is 3.58. The molecule has 1 unspecified atom stereocenters. The van der Waals surface area contributed by atoms with Crippen molar-refractivity contribution < 1.29 is 9.47 Å². The summed E-state index contributed by atoms with van der Waals surface area (Å²) in [5, 5.41) is 3.49. The molecule has 0 aliphatic carbocycles. The van der Waals surface area contributed by atoms with Crippen LogP contribution in [0.1, 0.15) is 45.6 Å². The number of hydrogen-bond acceptors (Lipinski definition) is 3. The highest BCUT2D eigenvalue weighted by atomic mass is 16.5. The van der Waals surface area contributed by atoms with Gasteiger partial charge in [-0.3, -0.25) is 0 Å². The lowest BCUT2D eigenvalue weighted by Crippen LogP contribution is -2.28. The van der Waals surface area contributed by atoms with Gasteiger partial charge in [0.2, 0.25) is 0 Å². The molecule has 1 rings (SSSR count). The minimum atomic E-state index is 0.605. The lowest BCUT2D eigenvalue weighted by atomic mass is 10.1. The van der Waals surface area contributed by atoms with Crippen LogP contribution in [0.5, 0.6) is 11.5 Å². The maximum absolute atomic E-state index is 5.85. The molecule has 0 radical (unpaired) electrons. The summed E-state index contributed by atoms with van der Waals surface area (Å²) in [4.78, 5) is 0. The molecule has 1 N–H and O–H groups in total. The average molecular weight is 279 g/mol. The van der Waals surface area contributed by atoms with Gasteiger partial charge in [0.05, 0.1) is 13.7 Å². The maximum atomic E-state index is 5.85. The Hall–Kier alpha value is -1.22. The van der Waals surface area contributed by atoms with Crippen LogP contribution < -0.4 is 14.8 Å². The van der Waals surface area contributed by atoms with Gasteiger partial charge in [-0.15, -0.1) is 0 Å². The summed E-state index contributed by atoms with van der Waals surface area (Å²) in [6.45, 7) is 8.29. The van der Waals surface area contributed by atoms with E-state index in [-0.39, 0.29) is 0 Å². The number of hydrogen-bond donors (Lipinski definition) is 1. The number of rotatable bonds is 10. The first kappa shape index (κ1) is 16.8. The van der Waals surface area contributed by atoms with Crippen molar-refractivity contribution in [2.45, 2.75) is 52.5 Å². The van der Waals surface area contributed by atoms with E-state index in [1.165, 1.54) is 12.0 Å². The van der Waals surface area contributed by atoms with E-state index in [0.717, 1.165) is 43.9 Å². The van der Waals surface area contributed by atoms with Crippen molar-refractivity contribution >= 4 is 0 Å². The van der Waals surface area contributed by atoms with Crippen molar-refractivity contribution in [1.29, 1.82) is 0 Å². The van der Waals surface area contributed by atoms with Gasteiger partial charge < -0.3 is 14.8 Å². The zero-order valence-corrected chi connectivity index (χ0v) is 13.4. The van der Waals surface area contributed by atoms with Crippen LogP contribution in [0.15, 0.2) is 18.2 Å². The summed E-state index contributed by atoms with van der Waals surface area (Å²) in [5.41, 5.74) is 1.27. The predicted octanol–water partition coefficient (Wildman–Crippen LogP) is 3.80. The lowest BCUT2D eigenvalue weighted by Gasteiger charge is -2.16. The van der Waals surface area contributed by atoms with E-state index in [4.69, 9.17) is 9.47 Å². The Balaban J connectivity index is 2.41. The lowest BCUT2D eigenvalue weighted by molar-refractivity contribution is 0.278. The highest BCUT2D eigenvalue weighted by molar-refractivity contribution is 5.42. The van der Waals surface area contributed by atoms with E-state index < -0.39 is 0 Å². The van der Waals surface area contributed by atoms with Gasteiger partial charge in [0.15, 0.2) is 11.5 Å². The molecule has 0 aromatic heterocycles. The van der Waals surface area contributed by atoms with Crippen molar-refractivity contribution in [2.24, 2.45) is 0 Å². The predicted molar refractivity (Wildman–Crippen MR) is 84.9 cm³/mol. The number of benzene rings is 1. The first-order valence-corrected chi connectivity index (χ1v) is 7.78. The molecule has 3 nitrogen and oxygen atoms in total. The topological polar surface area (TPSA) is 30.5 Å². The SMILES string of the molecule is CCNC(CC)CCCOc1ccc(CC)cc1OC. The standard InChI is InChI=1S/C17H29NO2/c1-5-14-10-11-16(17(13-14)19-4)20-12-8-9-15(6-2)18-7-3/h10-11,13,15,18H,5-9,12H2,1-4H3. The van der Waals surface area contributed by atoms with E-state index in [9.17, 15) is 0 Å². The number of ether oxygens (including phenoxy) is 2. The summed E-state index contributed by atoms with van der Waals surface area (Å²) in [6.07, 6.45) is 4.39. The number of methoxy groups -OCH3 is 1. The van der Waals surface area contributed by atoms with Crippen LogP contribution >= 0.6 is 0 Å². The molecule has 0 heterocycles. The molecule has 1 aromatic rings. The molecule has 0 amide bonds. The van der Waals surface area contributed by atoms with Crippen molar-refractivity contribution in [1.82, 2.24) is 5.32 Å². The van der Waals surface area contributed by atoms with Crippen LogP contribution in [0.2, 0.25) is 0 Å². The fourth-order valence-corrected chi connectivity index (χ4v) is 2.30. The molecule has 1 atom stereocenters. The molecule has 114 valence electrons. The van der Waals surface area contributed by atoms with Crippen LogP contribution in [0.4, 0.5) is 0 Å². The van der Waals surface area contributed by atoms with Crippen LogP contribution in [-0.4, -0.2) is 26.3 Å². The maximum Gasteiger partial charge on any atom is 0.161 e. The molecule has 0 spiro atoms. The second-order valence-corrected chi connectivity index (χ2v) is 4.99. The molecule has 1 aromatic carbocycles. The van der Waals surface area contributed by atoms with Crippen LogP contribution in [0.3, 0.4) is 0 Å². The highest BCUT2D eigenvalue weighted by Gasteiger charge is 2.07. The van der Waals surface area contributed by atoms with Crippen LogP contribution in [0, 0.1) is 0 Å². The quantitative estimate of drug-likeness (QED) is 0.661. The Labute approximate surface area is 123 Å². The molecular formula is C17H29NO2. The summed E-state index contributed by atoms with van der Waals surface area (Å²) < 4.78 is 11.2. The molecule has 20 heavy (non-hydrogen) atoms. The Morgan fingerprint density at radius 1 is 1.15 bits per heavy atom. The summed E-state index contributed by atoms with van der Waals surface area (Å²) in [7, 11) is 1.69. The molecule has 0 saturated carbocycles. The molecule has 0 fully saturated rings. The first-order chi connectivity index (χ1) is 9.74. The minimum absolute atomic E-state index is 0.605. The molecule has 0 aliphatic rings. The van der Waals surface area contributed by atoms with Gasteiger partial charge >= 0.3 is 0 Å². The molecule has 0 aliphatic heterocycles. The second-order valence-electron chi connectivity index (χ2n) is 4.99. The van der Waals surface area contributed by atoms with Crippen molar-refractivity contribution in [2.75, 3.05) is 20.3 Å². The second kappa shape index (κ2) is 9.65. The van der Waals surface area contributed by atoms with Crippen LogP contribution in [-0.2, 0) is 6.42 Å².